The van der Waals surface area contributed by atoms with Crippen molar-refractivity contribution in [1.29, 1.82) is 0 Å². The summed E-state index contributed by atoms with van der Waals surface area (Å²) in [6, 6.07) is 3.38. The average Bonchev–Trinajstić information content (AvgIpc) is 2.44. The molecule has 0 fully saturated rings. The van der Waals surface area contributed by atoms with Crippen LogP contribution in [-0.4, -0.2) is 16.1 Å². The van der Waals surface area contributed by atoms with Gasteiger partial charge in [0.15, 0.2) is 17.5 Å². The lowest BCUT2D eigenvalue weighted by Crippen LogP contribution is -1.95. The van der Waals surface area contributed by atoms with E-state index in [4.69, 9.17) is 5.11 Å². The molecule has 2 rings (SSSR count). The summed E-state index contributed by atoms with van der Waals surface area (Å²) in [5, 5.41) is 8.69. The molecule has 0 saturated heterocycles. The Morgan fingerprint density at radius 3 is 2.57 bits per heavy atom. The minimum Gasteiger partial charge on any atom is -0.478 e. The van der Waals surface area contributed by atoms with Crippen molar-refractivity contribution in [1.82, 2.24) is 4.98 Å². The molecule has 0 aliphatic carbocycles. The standard InChI is InChI=1S/C15H10F3NO2/c1-8(4-13(20)21)9-5-10(7-19-6-9)11-2-3-12(16)15(18)14(11)17/h2-7H,1H3,(H,20,21)/b8-4+. The van der Waals surface area contributed by atoms with E-state index in [0.29, 0.717) is 11.1 Å². The van der Waals surface area contributed by atoms with Crippen LogP contribution in [-0.2, 0) is 4.79 Å². The molecule has 2 aromatic rings. The summed E-state index contributed by atoms with van der Waals surface area (Å²) in [6.07, 6.45) is 3.66. The van der Waals surface area contributed by atoms with Gasteiger partial charge in [-0.3, -0.25) is 4.98 Å². The average molecular weight is 293 g/mol. The minimum atomic E-state index is -1.56. The summed E-state index contributed by atoms with van der Waals surface area (Å²) >= 11 is 0. The van der Waals surface area contributed by atoms with Crippen molar-refractivity contribution in [3.63, 3.8) is 0 Å². The molecular formula is C15H10F3NO2. The maximum Gasteiger partial charge on any atom is 0.328 e. The summed E-state index contributed by atoms with van der Waals surface area (Å²) < 4.78 is 39.9. The third-order valence-corrected chi connectivity index (χ3v) is 2.88. The SMILES string of the molecule is C/C(=C\C(=O)O)c1cncc(-c2ccc(F)c(F)c2F)c1. The number of halogens is 3. The second kappa shape index (κ2) is 5.78. The Balaban J connectivity index is 2.52. The molecule has 0 unspecified atom stereocenters. The molecule has 0 bridgehead atoms. The highest BCUT2D eigenvalue weighted by molar-refractivity contribution is 5.89. The fraction of sp³-hybridized carbons (Fsp3) is 0.0667. The van der Waals surface area contributed by atoms with Crippen LogP contribution in [0.1, 0.15) is 12.5 Å². The summed E-state index contributed by atoms with van der Waals surface area (Å²) in [4.78, 5) is 14.5. The molecule has 21 heavy (non-hydrogen) atoms. The number of hydrogen-bond donors (Lipinski definition) is 1. The monoisotopic (exact) mass is 293 g/mol. The number of nitrogens with zero attached hydrogens (tertiary/aromatic N) is 1. The van der Waals surface area contributed by atoms with Crippen LogP contribution in [0.15, 0.2) is 36.7 Å². The first-order valence-corrected chi connectivity index (χ1v) is 5.90. The third kappa shape index (κ3) is 3.10. The molecule has 0 amide bonds. The van der Waals surface area contributed by atoms with E-state index in [9.17, 15) is 18.0 Å². The zero-order valence-electron chi connectivity index (χ0n) is 10.9. The zero-order chi connectivity index (χ0) is 15.6. The molecule has 0 atom stereocenters. The number of carbonyl (C=O) groups is 1. The molecule has 1 N–H and O–H groups in total. The van der Waals surface area contributed by atoms with Crippen molar-refractivity contribution in [2.75, 3.05) is 0 Å². The molecular weight excluding hydrogens is 283 g/mol. The van der Waals surface area contributed by atoms with Crippen LogP contribution in [0.5, 0.6) is 0 Å². The lowest BCUT2D eigenvalue weighted by atomic mass is 10.0. The Kier molecular flexibility index (Phi) is 4.07. The van der Waals surface area contributed by atoms with Crippen LogP contribution in [0.2, 0.25) is 0 Å². The van der Waals surface area contributed by atoms with Gasteiger partial charge < -0.3 is 5.11 Å². The molecule has 0 aliphatic heterocycles. The van der Waals surface area contributed by atoms with Crippen LogP contribution >= 0.6 is 0 Å². The van der Waals surface area contributed by atoms with E-state index in [1.807, 2.05) is 0 Å². The maximum absolute atomic E-state index is 13.7. The predicted molar refractivity (Wildman–Crippen MR) is 70.8 cm³/mol. The number of benzene rings is 1. The zero-order valence-corrected chi connectivity index (χ0v) is 10.9. The van der Waals surface area contributed by atoms with Crippen molar-refractivity contribution >= 4 is 11.5 Å². The Bertz CT molecular complexity index is 742. The summed E-state index contributed by atoms with van der Waals surface area (Å²) in [6.45, 7) is 1.55. The quantitative estimate of drug-likeness (QED) is 0.694. The fourth-order valence-corrected chi connectivity index (χ4v) is 1.82. The Hall–Kier alpha value is -2.63. The summed E-state index contributed by atoms with van der Waals surface area (Å²) in [5.41, 5.74) is 0.923. The van der Waals surface area contributed by atoms with Gasteiger partial charge in [0, 0.05) is 29.6 Å². The van der Waals surface area contributed by atoms with Gasteiger partial charge in [0.1, 0.15) is 0 Å². The normalized spacial score (nSPS) is 11.5. The Morgan fingerprint density at radius 1 is 1.19 bits per heavy atom. The van der Waals surface area contributed by atoms with Gasteiger partial charge in [0.05, 0.1) is 0 Å². The minimum absolute atomic E-state index is 0.147. The number of aromatic nitrogens is 1. The van der Waals surface area contributed by atoms with Crippen molar-refractivity contribution in [2.45, 2.75) is 6.92 Å². The van der Waals surface area contributed by atoms with E-state index < -0.39 is 23.4 Å². The van der Waals surface area contributed by atoms with Gasteiger partial charge in [-0.05, 0) is 36.3 Å². The highest BCUT2D eigenvalue weighted by Crippen LogP contribution is 2.27. The lowest BCUT2D eigenvalue weighted by molar-refractivity contribution is -0.131. The van der Waals surface area contributed by atoms with Crippen LogP contribution < -0.4 is 0 Å². The predicted octanol–water partition coefficient (Wildman–Crippen LogP) is 3.65. The topological polar surface area (TPSA) is 50.2 Å². The molecule has 6 heteroatoms. The van der Waals surface area contributed by atoms with Crippen LogP contribution in [0.3, 0.4) is 0 Å². The van der Waals surface area contributed by atoms with Crippen LogP contribution in [0.4, 0.5) is 13.2 Å². The first kappa shape index (κ1) is 14.8. The van der Waals surface area contributed by atoms with Gasteiger partial charge in [-0.25, -0.2) is 18.0 Å². The highest BCUT2D eigenvalue weighted by atomic mass is 19.2. The summed E-state index contributed by atoms with van der Waals surface area (Å²) in [5.74, 6) is -5.27. The van der Waals surface area contributed by atoms with E-state index in [1.54, 1.807) is 6.92 Å². The van der Waals surface area contributed by atoms with Crippen molar-refractivity contribution in [3.05, 3.63) is 59.7 Å². The van der Waals surface area contributed by atoms with Gasteiger partial charge >= 0.3 is 5.97 Å². The van der Waals surface area contributed by atoms with Crippen LogP contribution in [0.25, 0.3) is 16.7 Å². The Labute approximate surface area is 118 Å². The lowest BCUT2D eigenvalue weighted by Gasteiger charge is -2.07. The molecule has 0 aliphatic rings. The number of allylic oxidation sites excluding steroid dienone is 1. The fourth-order valence-electron chi connectivity index (χ4n) is 1.82. The number of hydrogen-bond acceptors (Lipinski definition) is 2. The van der Waals surface area contributed by atoms with E-state index in [1.165, 1.54) is 18.5 Å². The van der Waals surface area contributed by atoms with Gasteiger partial charge in [-0.15, -0.1) is 0 Å². The number of carboxylic acids is 1. The van der Waals surface area contributed by atoms with Gasteiger partial charge in [0.25, 0.3) is 0 Å². The number of rotatable bonds is 3. The molecule has 1 aromatic heterocycles. The number of pyridine rings is 1. The maximum atomic E-state index is 13.7. The molecule has 0 saturated carbocycles. The first-order chi connectivity index (χ1) is 9.90. The van der Waals surface area contributed by atoms with E-state index in [-0.39, 0.29) is 11.1 Å². The van der Waals surface area contributed by atoms with Crippen molar-refractivity contribution in [3.8, 4) is 11.1 Å². The molecule has 0 radical (unpaired) electrons. The van der Waals surface area contributed by atoms with E-state index in [0.717, 1.165) is 18.2 Å². The molecule has 0 spiro atoms. The summed E-state index contributed by atoms with van der Waals surface area (Å²) in [7, 11) is 0. The van der Waals surface area contributed by atoms with Gasteiger partial charge in [0.2, 0.25) is 0 Å². The molecule has 1 aromatic carbocycles. The second-order valence-corrected chi connectivity index (χ2v) is 4.35. The van der Waals surface area contributed by atoms with Gasteiger partial charge in [-0.2, -0.15) is 0 Å². The van der Waals surface area contributed by atoms with E-state index >= 15 is 0 Å². The van der Waals surface area contributed by atoms with Crippen molar-refractivity contribution < 1.29 is 23.1 Å². The second-order valence-electron chi connectivity index (χ2n) is 4.35. The van der Waals surface area contributed by atoms with Crippen molar-refractivity contribution in [2.24, 2.45) is 0 Å². The van der Waals surface area contributed by atoms with Gasteiger partial charge in [-0.1, -0.05) is 0 Å². The third-order valence-electron chi connectivity index (χ3n) is 2.88. The number of aliphatic carboxylic acids is 1. The Morgan fingerprint density at radius 2 is 1.90 bits per heavy atom. The number of carboxylic acid groups (broad SMARTS) is 1. The van der Waals surface area contributed by atoms with E-state index in [2.05, 4.69) is 4.98 Å². The molecule has 108 valence electrons. The molecule has 3 nitrogen and oxygen atoms in total. The molecule has 1 heterocycles. The first-order valence-electron chi connectivity index (χ1n) is 5.90. The van der Waals surface area contributed by atoms with Crippen LogP contribution in [0, 0.1) is 17.5 Å². The smallest absolute Gasteiger partial charge is 0.328 e. The largest absolute Gasteiger partial charge is 0.478 e. The highest BCUT2D eigenvalue weighted by Gasteiger charge is 2.15.